The van der Waals surface area contributed by atoms with Gasteiger partial charge in [-0.25, -0.2) is 0 Å². The van der Waals surface area contributed by atoms with Gasteiger partial charge in [0.2, 0.25) is 6.54 Å². The number of thioether (sulfide) groups is 1. The average Bonchev–Trinajstić information content (AvgIpc) is 3.24. The van der Waals surface area contributed by atoms with Gasteiger partial charge in [-0.3, -0.25) is 14.7 Å². The molecule has 1 aromatic heterocycles. The Labute approximate surface area is 228 Å². The number of rotatable bonds is 11. The maximum absolute atomic E-state index is 11.7. The molecule has 1 heterocycles. The third kappa shape index (κ3) is 6.69. The van der Waals surface area contributed by atoms with Gasteiger partial charge in [0, 0.05) is 10.6 Å². The quantitative estimate of drug-likeness (QED) is 0.110. The van der Waals surface area contributed by atoms with Crippen LogP contribution in [0.2, 0.25) is 0 Å². The minimum atomic E-state index is -0.539. The molecule has 4 aromatic rings. The monoisotopic (exact) mass is 582 g/mol. The van der Waals surface area contributed by atoms with Gasteiger partial charge in [-0.05, 0) is 72.1 Å². The van der Waals surface area contributed by atoms with Gasteiger partial charge in [0.05, 0.1) is 11.1 Å². The summed E-state index contributed by atoms with van der Waals surface area (Å²) in [7, 11) is 0. The van der Waals surface area contributed by atoms with Gasteiger partial charge < -0.3 is 9.47 Å². The molecule has 0 aliphatic heterocycles. The van der Waals surface area contributed by atoms with Crippen LogP contribution < -0.4 is 9.47 Å². The lowest BCUT2D eigenvalue weighted by Crippen LogP contribution is -2.12. The number of halogens is 1. The Kier molecular flexibility index (Phi) is 8.83. The molecule has 10 heteroatoms. The zero-order valence-electron chi connectivity index (χ0n) is 20.8. The summed E-state index contributed by atoms with van der Waals surface area (Å²) in [5.41, 5.74) is 3.82. The van der Waals surface area contributed by atoms with Crippen molar-refractivity contribution in [2.24, 2.45) is 0 Å². The van der Waals surface area contributed by atoms with Crippen LogP contribution in [0, 0.1) is 24.0 Å². The summed E-state index contributed by atoms with van der Waals surface area (Å²) in [5.74, 6) is 1.78. The highest BCUT2D eigenvalue weighted by molar-refractivity contribution is 9.10. The van der Waals surface area contributed by atoms with Gasteiger partial charge >= 0.3 is 0 Å². The number of ether oxygens (including phenoxy) is 2. The van der Waals surface area contributed by atoms with Crippen LogP contribution in [0.4, 0.5) is 0 Å². The summed E-state index contributed by atoms with van der Waals surface area (Å²) in [4.78, 5) is 11.3. The van der Waals surface area contributed by atoms with Gasteiger partial charge in [-0.1, -0.05) is 59.8 Å². The zero-order valence-corrected chi connectivity index (χ0v) is 23.2. The van der Waals surface area contributed by atoms with Crippen molar-refractivity contribution in [3.05, 3.63) is 104 Å². The Balaban J connectivity index is 1.66. The highest BCUT2D eigenvalue weighted by Gasteiger charge is 2.26. The number of benzene rings is 3. The van der Waals surface area contributed by atoms with Crippen molar-refractivity contribution in [1.82, 2.24) is 14.8 Å². The highest BCUT2D eigenvalue weighted by atomic mass is 79.9. The van der Waals surface area contributed by atoms with Crippen molar-refractivity contribution < 1.29 is 14.4 Å². The first-order valence-corrected chi connectivity index (χ1v) is 13.4. The molecule has 8 nitrogen and oxygen atoms in total. The Morgan fingerprint density at radius 2 is 1.78 bits per heavy atom. The van der Waals surface area contributed by atoms with E-state index in [0.717, 1.165) is 16.8 Å². The van der Waals surface area contributed by atoms with Crippen molar-refractivity contribution in [2.75, 3.05) is 13.2 Å². The van der Waals surface area contributed by atoms with E-state index in [1.165, 1.54) is 17.3 Å². The van der Waals surface area contributed by atoms with E-state index in [4.69, 9.17) is 9.47 Å². The molecule has 0 spiro atoms. The number of nitro groups is 1. The predicted molar refractivity (Wildman–Crippen MR) is 147 cm³/mol. The minimum absolute atomic E-state index is 0.299. The Morgan fingerprint density at radius 1 is 1.05 bits per heavy atom. The van der Waals surface area contributed by atoms with E-state index >= 15 is 0 Å². The molecule has 0 bridgehead atoms. The van der Waals surface area contributed by atoms with E-state index < -0.39 is 5.25 Å². The van der Waals surface area contributed by atoms with Crippen LogP contribution in [-0.2, 0) is 6.61 Å². The second-order valence-electron chi connectivity index (χ2n) is 8.36. The van der Waals surface area contributed by atoms with E-state index in [1.54, 1.807) is 0 Å². The SMILES string of the molecule is CCOc1cc([C@@H](C[N+](=O)[O-])Sc2nnc(C)n2-c2ccccc2)cc(Br)c1OCc1ccc(C)cc1. The van der Waals surface area contributed by atoms with E-state index in [0.29, 0.717) is 40.2 Å². The zero-order chi connectivity index (χ0) is 26.4. The molecule has 3 aromatic carbocycles. The molecule has 37 heavy (non-hydrogen) atoms. The Morgan fingerprint density at radius 3 is 2.46 bits per heavy atom. The first kappa shape index (κ1) is 26.7. The molecule has 192 valence electrons. The standard InChI is InChI=1S/C27H27BrN4O4S/c1-4-35-24-15-21(14-23(28)26(24)36-17-20-12-10-18(2)11-13-20)25(16-31(33)34)37-27-30-29-19(3)32(27)22-8-6-5-7-9-22/h5-15,25H,4,16-17H2,1-3H3/t25-/m1/s1. The maximum Gasteiger partial charge on any atom is 0.220 e. The van der Waals surface area contributed by atoms with E-state index in [2.05, 4.69) is 26.1 Å². The molecular formula is C27H27BrN4O4S. The van der Waals surface area contributed by atoms with Crippen LogP contribution in [0.5, 0.6) is 11.5 Å². The van der Waals surface area contributed by atoms with Crippen molar-refractivity contribution in [3.8, 4) is 17.2 Å². The predicted octanol–water partition coefficient (Wildman–Crippen LogP) is 6.73. The molecule has 0 radical (unpaired) electrons. The second-order valence-corrected chi connectivity index (χ2v) is 10.4. The van der Waals surface area contributed by atoms with E-state index in [9.17, 15) is 10.1 Å². The fourth-order valence-corrected chi connectivity index (χ4v) is 5.51. The number of hydrogen-bond acceptors (Lipinski definition) is 7. The smallest absolute Gasteiger partial charge is 0.220 e. The third-order valence-electron chi connectivity index (χ3n) is 5.58. The van der Waals surface area contributed by atoms with Crippen molar-refractivity contribution in [1.29, 1.82) is 0 Å². The van der Waals surface area contributed by atoms with E-state index in [1.807, 2.05) is 92.1 Å². The van der Waals surface area contributed by atoms with Crippen LogP contribution >= 0.6 is 27.7 Å². The lowest BCUT2D eigenvalue weighted by atomic mass is 10.1. The summed E-state index contributed by atoms with van der Waals surface area (Å²) in [6, 6.07) is 21.5. The largest absolute Gasteiger partial charge is 0.490 e. The average molecular weight is 584 g/mol. The summed E-state index contributed by atoms with van der Waals surface area (Å²) in [6.45, 7) is 6.27. The number of para-hydroxylation sites is 1. The van der Waals surface area contributed by atoms with Gasteiger partial charge in [0.15, 0.2) is 16.7 Å². The van der Waals surface area contributed by atoms with E-state index in [-0.39, 0.29) is 11.5 Å². The molecule has 0 N–H and O–H groups in total. The van der Waals surface area contributed by atoms with Gasteiger partial charge in [0.1, 0.15) is 17.7 Å². The summed E-state index contributed by atoms with van der Waals surface area (Å²) in [5, 5.41) is 20.2. The molecule has 0 unspecified atom stereocenters. The first-order chi connectivity index (χ1) is 17.9. The number of hydrogen-bond donors (Lipinski definition) is 0. The Hall–Kier alpha value is -3.37. The minimum Gasteiger partial charge on any atom is -0.490 e. The van der Waals surface area contributed by atoms with Crippen LogP contribution in [0.3, 0.4) is 0 Å². The molecule has 0 amide bonds. The first-order valence-electron chi connectivity index (χ1n) is 11.8. The van der Waals surface area contributed by atoms with Crippen molar-refractivity contribution >= 4 is 27.7 Å². The maximum atomic E-state index is 11.7. The van der Waals surface area contributed by atoms with Crippen LogP contribution in [0.25, 0.3) is 5.69 Å². The summed E-state index contributed by atoms with van der Waals surface area (Å²) < 4.78 is 14.6. The van der Waals surface area contributed by atoms with Crippen LogP contribution in [0.15, 0.2) is 76.4 Å². The molecule has 4 rings (SSSR count). The summed E-state index contributed by atoms with van der Waals surface area (Å²) in [6.07, 6.45) is 0. The molecule has 0 saturated carbocycles. The molecule has 0 aliphatic carbocycles. The van der Waals surface area contributed by atoms with Crippen LogP contribution in [-0.4, -0.2) is 32.8 Å². The fraction of sp³-hybridized carbons (Fsp3) is 0.259. The lowest BCUT2D eigenvalue weighted by Gasteiger charge is -2.19. The molecule has 0 fully saturated rings. The molecule has 0 aliphatic rings. The van der Waals surface area contributed by atoms with Crippen LogP contribution in [0.1, 0.15) is 34.7 Å². The fourth-order valence-electron chi connectivity index (χ4n) is 3.78. The highest BCUT2D eigenvalue weighted by Crippen LogP contribution is 2.43. The molecular weight excluding hydrogens is 556 g/mol. The summed E-state index contributed by atoms with van der Waals surface area (Å²) >= 11 is 4.91. The Bertz CT molecular complexity index is 1360. The molecule has 1 atom stereocenters. The molecule has 0 saturated heterocycles. The third-order valence-corrected chi connectivity index (χ3v) is 7.35. The van der Waals surface area contributed by atoms with Crippen molar-refractivity contribution in [2.45, 2.75) is 37.8 Å². The second kappa shape index (κ2) is 12.2. The topological polar surface area (TPSA) is 92.3 Å². The number of aryl methyl sites for hydroxylation is 2. The number of nitrogens with zero attached hydrogens (tertiary/aromatic N) is 4. The normalized spacial score (nSPS) is 11.8. The number of aromatic nitrogens is 3. The lowest BCUT2D eigenvalue weighted by molar-refractivity contribution is -0.479. The van der Waals surface area contributed by atoms with Crippen molar-refractivity contribution in [3.63, 3.8) is 0 Å². The van der Waals surface area contributed by atoms with Gasteiger partial charge in [0.25, 0.3) is 0 Å². The van der Waals surface area contributed by atoms with Gasteiger partial charge in [-0.15, -0.1) is 10.2 Å². The van der Waals surface area contributed by atoms with Gasteiger partial charge in [-0.2, -0.15) is 0 Å².